The number of likely N-dealkylation sites (tertiary alicyclic amines) is 1. The molecule has 3 rings (SSSR count). The van der Waals surface area contributed by atoms with E-state index in [2.05, 4.69) is 5.32 Å². The third kappa shape index (κ3) is 3.21. The van der Waals surface area contributed by atoms with Crippen molar-refractivity contribution in [2.75, 3.05) is 19.6 Å². The number of hydrogen-bond donors (Lipinski definition) is 1. The first kappa shape index (κ1) is 15.5. The molecule has 1 aromatic carbocycles. The minimum absolute atomic E-state index is 0.00524. The van der Waals surface area contributed by atoms with Crippen molar-refractivity contribution >= 4 is 22.7 Å². The molecule has 0 aliphatic carbocycles. The minimum Gasteiger partial charge on any atom is -0.342 e. The summed E-state index contributed by atoms with van der Waals surface area (Å²) in [6, 6.07) is 6.10. The summed E-state index contributed by atoms with van der Waals surface area (Å²) in [5.74, 6) is -0.719. The Labute approximate surface area is 134 Å². The van der Waals surface area contributed by atoms with Crippen molar-refractivity contribution in [2.45, 2.75) is 19.3 Å². The highest BCUT2D eigenvalue weighted by Gasteiger charge is 2.19. The Kier molecular flexibility index (Phi) is 4.32. The number of carbonyl (C=O) groups excluding carboxylic acids is 2. The maximum absolute atomic E-state index is 13.3. The van der Waals surface area contributed by atoms with E-state index in [4.69, 9.17) is 0 Å². The van der Waals surface area contributed by atoms with Gasteiger partial charge in [-0.2, -0.15) is 0 Å². The predicted molar refractivity (Wildman–Crippen MR) is 85.6 cm³/mol. The molecule has 1 saturated heterocycles. The number of piperidine rings is 1. The lowest BCUT2D eigenvalue weighted by Gasteiger charge is -2.26. The Hall–Kier alpha value is -2.37. The molecule has 122 valence electrons. The first-order valence-electron chi connectivity index (χ1n) is 7.87. The fourth-order valence-electron chi connectivity index (χ4n) is 3.02. The zero-order valence-corrected chi connectivity index (χ0v) is 13.1. The molecule has 2 aromatic rings. The molecular weight excluding hydrogens is 297 g/mol. The monoisotopic (exact) mass is 317 g/mol. The quantitative estimate of drug-likeness (QED) is 0.942. The highest BCUT2D eigenvalue weighted by atomic mass is 19.1. The van der Waals surface area contributed by atoms with E-state index < -0.39 is 0 Å². The number of aromatic nitrogens is 1. The van der Waals surface area contributed by atoms with Crippen LogP contribution in [-0.2, 0) is 11.8 Å². The second-order valence-corrected chi connectivity index (χ2v) is 5.92. The summed E-state index contributed by atoms with van der Waals surface area (Å²) in [6.45, 7) is 1.53. The molecule has 1 aliphatic heterocycles. The predicted octanol–water partition coefficient (Wildman–Crippen LogP) is 2.06. The minimum atomic E-state index is -0.342. The molecule has 2 amide bonds. The average Bonchev–Trinajstić information content (AvgIpc) is 2.90. The molecule has 1 aliphatic rings. The molecule has 0 bridgehead atoms. The molecule has 0 saturated carbocycles. The number of fused-ring (bicyclic) bond motifs is 1. The summed E-state index contributed by atoms with van der Waals surface area (Å²) in [5.41, 5.74) is 1.06. The number of nitrogens with zero attached hydrogens (tertiary/aromatic N) is 2. The van der Waals surface area contributed by atoms with Gasteiger partial charge in [0, 0.05) is 25.5 Å². The molecule has 1 fully saturated rings. The fourth-order valence-corrected chi connectivity index (χ4v) is 3.02. The largest absolute Gasteiger partial charge is 0.342 e. The van der Waals surface area contributed by atoms with Crippen LogP contribution in [0.2, 0.25) is 0 Å². The number of carbonyl (C=O) groups is 2. The van der Waals surface area contributed by atoms with Crippen LogP contribution in [0.25, 0.3) is 10.9 Å². The van der Waals surface area contributed by atoms with E-state index >= 15 is 0 Å². The van der Waals surface area contributed by atoms with E-state index in [1.165, 1.54) is 12.1 Å². The molecule has 0 spiro atoms. The topological polar surface area (TPSA) is 54.3 Å². The van der Waals surface area contributed by atoms with Crippen molar-refractivity contribution in [2.24, 2.45) is 7.05 Å². The molecule has 0 radical (unpaired) electrons. The Morgan fingerprint density at radius 1 is 1.17 bits per heavy atom. The number of nitrogens with one attached hydrogen (secondary N) is 1. The third-order valence-electron chi connectivity index (χ3n) is 4.35. The van der Waals surface area contributed by atoms with Gasteiger partial charge < -0.3 is 14.8 Å². The molecule has 0 atom stereocenters. The van der Waals surface area contributed by atoms with Crippen LogP contribution in [-0.4, -0.2) is 40.9 Å². The molecular formula is C17H20FN3O2. The zero-order valence-electron chi connectivity index (χ0n) is 13.1. The van der Waals surface area contributed by atoms with E-state index in [9.17, 15) is 14.0 Å². The highest BCUT2D eigenvalue weighted by molar-refractivity contribution is 6.00. The summed E-state index contributed by atoms with van der Waals surface area (Å²) in [4.78, 5) is 26.2. The normalized spacial score (nSPS) is 15.0. The molecule has 1 N–H and O–H groups in total. The van der Waals surface area contributed by atoms with E-state index in [1.807, 2.05) is 0 Å². The van der Waals surface area contributed by atoms with Gasteiger partial charge in [-0.05, 0) is 43.5 Å². The van der Waals surface area contributed by atoms with E-state index in [-0.39, 0.29) is 24.2 Å². The van der Waals surface area contributed by atoms with Crippen LogP contribution in [0, 0.1) is 5.82 Å². The van der Waals surface area contributed by atoms with Crippen molar-refractivity contribution in [1.29, 1.82) is 0 Å². The van der Waals surface area contributed by atoms with Gasteiger partial charge in [-0.15, -0.1) is 0 Å². The standard InChI is InChI=1S/C17H20FN3O2/c1-20-14-10-13(18)6-5-12(14)9-15(20)17(23)19-11-16(22)21-7-3-2-4-8-21/h5-6,9-10H,2-4,7-8,11H2,1H3,(H,19,23). The number of halogens is 1. The van der Waals surface area contributed by atoms with E-state index in [0.717, 1.165) is 37.7 Å². The molecule has 1 aromatic heterocycles. The summed E-state index contributed by atoms with van der Waals surface area (Å²) in [5, 5.41) is 3.46. The lowest BCUT2D eigenvalue weighted by molar-refractivity contribution is -0.130. The van der Waals surface area contributed by atoms with Gasteiger partial charge in [0.15, 0.2) is 0 Å². The molecule has 6 heteroatoms. The Balaban J connectivity index is 1.68. The van der Waals surface area contributed by atoms with Crippen LogP contribution in [0.1, 0.15) is 29.8 Å². The maximum Gasteiger partial charge on any atom is 0.268 e. The summed E-state index contributed by atoms with van der Waals surface area (Å²) in [7, 11) is 1.71. The number of benzene rings is 1. The Morgan fingerprint density at radius 3 is 2.65 bits per heavy atom. The second-order valence-electron chi connectivity index (χ2n) is 5.92. The van der Waals surface area contributed by atoms with Crippen LogP contribution in [0.3, 0.4) is 0 Å². The van der Waals surface area contributed by atoms with Gasteiger partial charge in [0.05, 0.1) is 12.1 Å². The Morgan fingerprint density at radius 2 is 1.91 bits per heavy atom. The first-order valence-corrected chi connectivity index (χ1v) is 7.87. The molecule has 23 heavy (non-hydrogen) atoms. The van der Waals surface area contributed by atoms with Crippen LogP contribution in [0.4, 0.5) is 4.39 Å². The van der Waals surface area contributed by atoms with Gasteiger partial charge in [-0.1, -0.05) is 0 Å². The fraction of sp³-hybridized carbons (Fsp3) is 0.412. The number of hydrogen-bond acceptors (Lipinski definition) is 2. The van der Waals surface area contributed by atoms with Crippen LogP contribution in [0.15, 0.2) is 24.3 Å². The lowest BCUT2D eigenvalue weighted by atomic mass is 10.1. The zero-order chi connectivity index (χ0) is 16.4. The van der Waals surface area contributed by atoms with Crippen molar-refractivity contribution in [3.63, 3.8) is 0 Å². The van der Waals surface area contributed by atoms with Gasteiger partial charge in [-0.3, -0.25) is 9.59 Å². The van der Waals surface area contributed by atoms with Crippen molar-refractivity contribution < 1.29 is 14.0 Å². The van der Waals surface area contributed by atoms with Crippen LogP contribution in [0.5, 0.6) is 0 Å². The second kappa shape index (κ2) is 6.40. The van der Waals surface area contributed by atoms with Crippen molar-refractivity contribution in [1.82, 2.24) is 14.8 Å². The van der Waals surface area contributed by atoms with Gasteiger partial charge in [0.1, 0.15) is 11.5 Å². The van der Waals surface area contributed by atoms with Gasteiger partial charge in [0.2, 0.25) is 5.91 Å². The maximum atomic E-state index is 13.3. The van der Waals surface area contributed by atoms with Crippen molar-refractivity contribution in [3.8, 4) is 0 Å². The molecule has 0 unspecified atom stereocenters. The SMILES string of the molecule is Cn1c(C(=O)NCC(=O)N2CCCCC2)cc2ccc(F)cc21. The summed E-state index contributed by atoms with van der Waals surface area (Å²) in [6.07, 6.45) is 3.20. The van der Waals surface area contributed by atoms with E-state index in [0.29, 0.717) is 11.2 Å². The first-order chi connectivity index (χ1) is 11.1. The van der Waals surface area contributed by atoms with Gasteiger partial charge >= 0.3 is 0 Å². The average molecular weight is 317 g/mol. The van der Waals surface area contributed by atoms with Crippen molar-refractivity contribution in [3.05, 3.63) is 35.8 Å². The van der Waals surface area contributed by atoms with E-state index in [1.54, 1.807) is 28.6 Å². The van der Waals surface area contributed by atoms with Gasteiger partial charge in [0.25, 0.3) is 5.91 Å². The lowest BCUT2D eigenvalue weighted by Crippen LogP contribution is -2.42. The third-order valence-corrected chi connectivity index (χ3v) is 4.35. The molecule has 5 nitrogen and oxygen atoms in total. The Bertz CT molecular complexity index is 748. The number of rotatable bonds is 3. The highest BCUT2D eigenvalue weighted by Crippen LogP contribution is 2.19. The summed E-state index contributed by atoms with van der Waals surface area (Å²) < 4.78 is 15.0. The molecule has 2 heterocycles. The number of aryl methyl sites for hydroxylation is 1. The van der Waals surface area contributed by atoms with Crippen LogP contribution >= 0.6 is 0 Å². The number of amides is 2. The smallest absolute Gasteiger partial charge is 0.268 e. The van der Waals surface area contributed by atoms with Crippen LogP contribution < -0.4 is 5.32 Å². The summed E-state index contributed by atoms with van der Waals surface area (Å²) >= 11 is 0. The van der Waals surface area contributed by atoms with Gasteiger partial charge in [-0.25, -0.2) is 4.39 Å².